The van der Waals surface area contributed by atoms with E-state index in [4.69, 9.17) is 10.5 Å². The number of benzene rings is 1. The molecule has 1 fully saturated rings. The Morgan fingerprint density at radius 3 is 2.88 bits per heavy atom. The second-order valence-corrected chi connectivity index (χ2v) is 4.84. The second-order valence-electron chi connectivity index (χ2n) is 4.84. The number of H-pyrrole nitrogens is 1. The molecule has 3 rings (SSSR count). The number of rotatable bonds is 3. The highest BCUT2D eigenvalue weighted by molar-refractivity contribution is 5.89. The number of nitrogens with two attached hydrogens (primary N) is 1. The normalized spacial score (nSPS) is 18.0. The number of aromatic nitrogens is 1. The fourth-order valence-corrected chi connectivity index (χ4v) is 2.66. The van der Waals surface area contributed by atoms with Crippen LogP contribution in [-0.4, -0.2) is 12.1 Å². The molecule has 3 nitrogen and oxygen atoms in total. The van der Waals surface area contributed by atoms with Crippen LogP contribution < -0.4 is 10.5 Å². The van der Waals surface area contributed by atoms with Gasteiger partial charge in [-0.05, 0) is 36.5 Å². The molecule has 1 atom stereocenters. The highest BCUT2D eigenvalue weighted by atomic mass is 16.5. The van der Waals surface area contributed by atoms with Gasteiger partial charge in [-0.25, -0.2) is 0 Å². The summed E-state index contributed by atoms with van der Waals surface area (Å²) in [6.07, 6.45) is 5.86. The van der Waals surface area contributed by atoms with Gasteiger partial charge in [0.05, 0.1) is 7.11 Å². The fraction of sp³-hybridized carbons (Fsp3) is 0.429. The molecule has 1 saturated carbocycles. The van der Waals surface area contributed by atoms with Gasteiger partial charge in [0, 0.05) is 23.1 Å². The third-order valence-electron chi connectivity index (χ3n) is 3.93. The van der Waals surface area contributed by atoms with Crippen molar-refractivity contribution < 1.29 is 4.74 Å². The number of methoxy groups -OCH3 is 1. The summed E-state index contributed by atoms with van der Waals surface area (Å²) in [7, 11) is 1.71. The third kappa shape index (κ3) is 1.62. The molecule has 1 heterocycles. The van der Waals surface area contributed by atoms with Gasteiger partial charge < -0.3 is 15.5 Å². The van der Waals surface area contributed by atoms with Crippen LogP contribution in [0.4, 0.5) is 0 Å². The quantitative estimate of drug-likeness (QED) is 0.851. The van der Waals surface area contributed by atoms with E-state index in [9.17, 15) is 0 Å². The van der Waals surface area contributed by atoms with Crippen molar-refractivity contribution in [1.29, 1.82) is 0 Å². The molecule has 0 amide bonds. The van der Waals surface area contributed by atoms with Crippen molar-refractivity contribution in [3.63, 3.8) is 0 Å². The van der Waals surface area contributed by atoms with Crippen molar-refractivity contribution in [3.05, 3.63) is 30.0 Å². The lowest BCUT2D eigenvalue weighted by Gasteiger charge is -2.31. The molecule has 0 saturated heterocycles. The first-order valence-electron chi connectivity index (χ1n) is 6.21. The van der Waals surface area contributed by atoms with E-state index in [1.165, 1.54) is 24.8 Å². The SMILES string of the molecule is COc1cccc2[nH]cc(C(N)C3CCC3)c12. The summed E-state index contributed by atoms with van der Waals surface area (Å²) < 4.78 is 5.43. The average Bonchev–Trinajstić information content (AvgIpc) is 2.69. The minimum absolute atomic E-state index is 0.133. The van der Waals surface area contributed by atoms with Crippen molar-refractivity contribution in [3.8, 4) is 5.75 Å². The third-order valence-corrected chi connectivity index (χ3v) is 3.93. The van der Waals surface area contributed by atoms with E-state index < -0.39 is 0 Å². The highest BCUT2D eigenvalue weighted by Crippen LogP contribution is 2.40. The van der Waals surface area contributed by atoms with Crippen LogP contribution in [-0.2, 0) is 0 Å². The summed E-state index contributed by atoms with van der Waals surface area (Å²) in [6, 6.07) is 6.19. The smallest absolute Gasteiger partial charge is 0.128 e. The monoisotopic (exact) mass is 230 g/mol. The Morgan fingerprint density at radius 1 is 1.41 bits per heavy atom. The maximum Gasteiger partial charge on any atom is 0.128 e. The van der Waals surface area contributed by atoms with Crippen molar-refractivity contribution >= 4 is 10.9 Å². The Morgan fingerprint density at radius 2 is 2.24 bits per heavy atom. The topological polar surface area (TPSA) is 51.0 Å². The van der Waals surface area contributed by atoms with Gasteiger partial charge in [-0.3, -0.25) is 0 Å². The predicted octanol–water partition coefficient (Wildman–Crippen LogP) is 2.98. The lowest BCUT2D eigenvalue weighted by molar-refractivity contribution is 0.265. The summed E-state index contributed by atoms with van der Waals surface area (Å²) in [5.41, 5.74) is 8.66. The molecule has 0 spiro atoms. The first-order chi connectivity index (χ1) is 8.31. The number of hydrogen-bond donors (Lipinski definition) is 2. The molecule has 1 unspecified atom stereocenters. The molecule has 0 aliphatic heterocycles. The first kappa shape index (κ1) is 10.7. The minimum Gasteiger partial charge on any atom is -0.496 e. The van der Waals surface area contributed by atoms with Gasteiger partial charge >= 0.3 is 0 Å². The van der Waals surface area contributed by atoms with Gasteiger partial charge in [0.25, 0.3) is 0 Å². The Labute approximate surface area is 101 Å². The van der Waals surface area contributed by atoms with E-state index >= 15 is 0 Å². The lowest BCUT2D eigenvalue weighted by Crippen LogP contribution is -2.26. The predicted molar refractivity (Wildman–Crippen MR) is 69.1 cm³/mol. The molecule has 0 bridgehead atoms. The summed E-state index contributed by atoms with van der Waals surface area (Å²) in [5, 5.41) is 1.15. The minimum atomic E-state index is 0.133. The average molecular weight is 230 g/mol. The molecule has 90 valence electrons. The number of aromatic amines is 1. The first-order valence-corrected chi connectivity index (χ1v) is 6.21. The zero-order valence-corrected chi connectivity index (χ0v) is 10.1. The summed E-state index contributed by atoms with van der Waals surface area (Å²) in [6.45, 7) is 0. The molecule has 0 radical (unpaired) electrons. The molecular formula is C14H18N2O. The summed E-state index contributed by atoms with van der Waals surface area (Å²) in [5.74, 6) is 1.55. The van der Waals surface area contributed by atoms with Gasteiger partial charge in [0.2, 0.25) is 0 Å². The van der Waals surface area contributed by atoms with Gasteiger partial charge in [0.1, 0.15) is 5.75 Å². The van der Waals surface area contributed by atoms with E-state index in [-0.39, 0.29) is 6.04 Å². The molecule has 1 aliphatic carbocycles. The van der Waals surface area contributed by atoms with Crippen LogP contribution >= 0.6 is 0 Å². The molecule has 1 aromatic carbocycles. The Hall–Kier alpha value is -1.48. The maximum absolute atomic E-state index is 6.36. The molecular weight excluding hydrogens is 212 g/mol. The Balaban J connectivity index is 2.09. The van der Waals surface area contributed by atoms with Crippen molar-refractivity contribution in [2.24, 2.45) is 11.7 Å². The Bertz CT molecular complexity index is 528. The van der Waals surface area contributed by atoms with Crippen LogP contribution in [0.3, 0.4) is 0 Å². The zero-order chi connectivity index (χ0) is 11.8. The standard InChI is InChI=1S/C14H18N2O/c1-17-12-7-3-6-11-13(12)10(8-16-11)14(15)9-4-2-5-9/h3,6-9,14,16H,2,4-5,15H2,1H3. The van der Waals surface area contributed by atoms with Gasteiger partial charge in [0.15, 0.2) is 0 Å². The zero-order valence-electron chi connectivity index (χ0n) is 10.1. The molecule has 3 N–H and O–H groups in total. The highest BCUT2D eigenvalue weighted by Gasteiger charge is 2.27. The maximum atomic E-state index is 6.36. The number of fused-ring (bicyclic) bond motifs is 1. The molecule has 17 heavy (non-hydrogen) atoms. The van der Waals surface area contributed by atoms with Gasteiger partial charge in [-0.15, -0.1) is 0 Å². The van der Waals surface area contributed by atoms with Gasteiger partial charge in [-0.1, -0.05) is 12.5 Å². The molecule has 2 aromatic rings. The van der Waals surface area contributed by atoms with Crippen LogP contribution in [0.15, 0.2) is 24.4 Å². The number of nitrogens with one attached hydrogen (secondary N) is 1. The van der Waals surface area contributed by atoms with Crippen LogP contribution in [0.1, 0.15) is 30.9 Å². The van der Waals surface area contributed by atoms with E-state index in [0.717, 1.165) is 16.7 Å². The molecule has 1 aliphatic rings. The Kier molecular flexibility index (Phi) is 2.56. The summed E-state index contributed by atoms with van der Waals surface area (Å²) in [4.78, 5) is 3.29. The second kappa shape index (κ2) is 4.08. The van der Waals surface area contributed by atoms with Crippen LogP contribution in [0.25, 0.3) is 10.9 Å². The van der Waals surface area contributed by atoms with Crippen molar-refractivity contribution in [2.45, 2.75) is 25.3 Å². The summed E-state index contributed by atoms with van der Waals surface area (Å²) >= 11 is 0. The number of ether oxygens (including phenoxy) is 1. The fourth-order valence-electron chi connectivity index (χ4n) is 2.66. The largest absolute Gasteiger partial charge is 0.496 e. The van der Waals surface area contributed by atoms with Gasteiger partial charge in [-0.2, -0.15) is 0 Å². The van der Waals surface area contributed by atoms with Crippen molar-refractivity contribution in [2.75, 3.05) is 7.11 Å². The van der Waals surface area contributed by atoms with E-state index in [1.54, 1.807) is 7.11 Å². The van der Waals surface area contributed by atoms with E-state index in [0.29, 0.717) is 5.92 Å². The number of hydrogen-bond acceptors (Lipinski definition) is 2. The molecule has 3 heteroatoms. The lowest BCUT2D eigenvalue weighted by atomic mass is 9.77. The van der Waals surface area contributed by atoms with Crippen molar-refractivity contribution in [1.82, 2.24) is 4.98 Å². The van der Waals surface area contributed by atoms with Crippen LogP contribution in [0, 0.1) is 5.92 Å². The van der Waals surface area contributed by atoms with Crippen LogP contribution in [0.5, 0.6) is 5.75 Å². The molecule has 1 aromatic heterocycles. The van der Waals surface area contributed by atoms with E-state index in [2.05, 4.69) is 11.1 Å². The van der Waals surface area contributed by atoms with Crippen LogP contribution in [0.2, 0.25) is 0 Å². The van der Waals surface area contributed by atoms with E-state index in [1.807, 2.05) is 18.3 Å².